The minimum atomic E-state index is -0.781. The molecule has 0 aliphatic rings. The highest BCUT2D eigenvalue weighted by Gasteiger charge is 2.20. The summed E-state index contributed by atoms with van der Waals surface area (Å²) in [6, 6.07) is 11.3. The minimum absolute atomic E-state index is 0.581. The summed E-state index contributed by atoms with van der Waals surface area (Å²) in [5.74, 6) is 0.688. The fraction of sp³-hybridized carbons (Fsp3) is 0.250. The smallest absolute Gasteiger partial charge is 0.125 e. The number of methoxy groups -OCH3 is 1. The number of para-hydroxylation sites is 1. The van der Waals surface area contributed by atoms with E-state index >= 15 is 0 Å². The summed E-state index contributed by atoms with van der Waals surface area (Å²) in [4.78, 5) is 0. The lowest BCUT2D eigenvalue weighted by Crippen LogP contribution is -2.07. The summed E-state index contributed by atoms with van der Waals surface area (Å²) in [5.41, 5.74) is 10.1. The standard InChI is InChI=1S/C16H19NO2/c1-10-8-11(2)15(14(9-10)19-3)16(18)12-6-4-5-7-13(12)17/h4-9,16,18H,17H2,1-3H3. The quantitative estimate of drug-likeness (QED) is 0.831. The molecule has 2 aromatic rings. The van der Waals surface area contributed by atoms with E-state index in [1.807, 2.05) is 44.2 Å². The molecule has 0 saturated carbocycles. The third-order valence-corrected chi connectivity index (χ3v) is 3.28. The average Bonchev–Trinajstić information content (AvgIpc) is 2.37. The van der Waals surface area contributed by atoms with Crippen LogP contribution in [0.25, 0.3) is 0 Å². The molecule has 0 spiro atoms. The van der Waals surface area contributed by atoms with Crippen LogP contribution in [0, 0.1) is 13.8 Å². The fourth-order valence-corrected chi connectivity index (χ4v) is 2.37. The molecular formula is C16H19NO2. The molecule has 0 bridgehead atoms. The van der Waals surface area contributed by atoms with Crippen molar-refractivity contribution in [3.63, 3.8) is 0 Å². The maximum Gasteiger partial charge on any atom is 0.125 e. The van der Waals surface area contributed by atoms with Gasteiger partial charge in [0, 0.05) is 16.8 Å². The first kappa shape index (κ1) is 13.4. The van der Waals surface area contributed by atoms with Crippen LogP contribution in [-0.2, 0) is 0 Å². The van der Waals surface area contributed by atoms with E-state index < -0.39 is 6.10 Å². The second-order valence-electron chi connectivity index (χ2n) is 4.73. The van der Waals surface area contributed by atoms with Crippen LogP contribution >= 0.6 is 0 Å². The first-order chi connectivity index (χ1) is 9.04. The van der Waals surface area contributed by atoms with E-state index in [1.54, 1.807) is 13.2 Å². The van der Waals surface area contributed by atoms with Crippen molar-refractivity contribution in [2.75, 3.05) is 12.8 Å². The molecule has 0 aliphatic carbocycles. The zero-order chi connectivity index (χ0) is 14.0. The van der Waals surface area contributed by atoms with Gasteiger partial charge in [-0.25, -0.2) is 0 Å². The topological polar surface area (TPSA) is 55.5 Å². The monoisotopic (exact) mass is 257 g/mol. The number of hydrogen-bond donors (Lipinski definition) is 2. The molecule has 100 valence electrons. The van der Waals surface area contributed by atoms with Gasteiger partial charge in [-0.15, -0.1) is 0 Å². The Morgan fingerprint density at radius 1 is 1.16 bits per heavy atom. The van der Waals surface area contributed by atoms with Gasteiger partial charge in [0.15, 0.2) is 0 Å². The molecule has 0 saturated heterocycles. The summed E-state index contributed by atoms with van der Waals surface area (Å²) < 4.78 is 5.39. The van der Waals surface area contributed by atoms with Crippen molar-refractivity contribution in [1.29, 1.82) is 0 Å². The Bertz CT molecular complexity index is 593. The van der Waals surface area contributed by atoms with Crippen molar-refractivity contribution < 1.29 is 9.84 Å². The van der Waals surface area contributed by atoms with Gasteiger partial charge in [-0.2, -0.15) is 0 Å². The molecule has 0 aromatic heterocycles. The van der Waals surface area contributed by atoms with Crippen LogP contribution in [-0.4, -0.2) is 12.2 Å². The molecule has 3 nitrogen and oxygen atoms in total. The predicted octanol–water partition coefficient (Wildman–Crippen LogP) is 2.98. The lowest BCUT2D eigenvalue weighted by Gasteiger charge is -2.19. The summed E-state index contributed by atoms with van der Waals surface area (Å²) in [6.07, 6.45) is -0.781. The average molecular weight is 257 g/mol. The summed E-state index contributed by atoms with van der Waals surface area (Å²) in [7, 11) is 1.61. The van der Waals surface area contributed by atoms with Crippen molar-refractivity contribution in [1.82, 2.24) is 0 Å². The molecule has 3 heteroatoms. The molecule has 2 rings (SSSR count). The van der Waals surface area contributed by atoms with Gasteiger partial charge in [0.05, 0.1) is 7.11 Å². The number of rotatable bonds is 3. The molecule has 19 heavy (non-hydrogen) atoms. The maximum absolute atomic E-state index is 10.6. The molecule has 3 N–H and O–H groups in total. The summed E-state index contributed by atoms with van der Waals surface area (Å²) >= 11 is 0. The fourth-order valence-electron chi connectivity index (χ4n) is 2.37. The van der Waals surface area contributed by atoms with Gasteiger partial charge in [0.25, 0.3) is 0 Å². The molecular weight excluding hydrogens is 238 g/mol. The second kappa shape index (κ2) is 5.33. The zero-order valence-corrected chi connectivity index (χ0v) is 11.5. The number of aliphatic hydroxyl groups is 1. The van der Waals surface area contributed by atoms with E-state index in [9.17, 15) is 5.11 Å². The Morgan fingerprint density at radius 3 is 2.47 bits per heavy atom. The van der Waals surface area contributed by atoms with Crippen molar-refractivity contribution in [3.8, 4) is 5.75 Å². The van der Waals surface area contributed by atoms with Crippen LogP contribution in [0.15, 0.2) is 36.4 Å². The molecule has 0 amide bonds. The van der Waals surface area contributed by atoms with Gasteiger partial charge in [-0.1, -0.05) is 24.3 Å². The molecule has 0 heterocycles. The summed E-state index contributed by atoms with van der Waals surface area (Å²) in [5, 5.41) is 10.6. The predicted molar refractivity (Wildman–Crippen MR) is 77.4 cm³/mol. The third kappa shape index (κ3) is 2.56. The van der Waals surface area contributed by atoms with Crippen LogP contribution in [0.4, 0.5) is 5.69 Å². The van der Waals surface area contributed by atoms with E-state index in [2.05, 4.69) is 0 Å². The first-order valence-electron chi connectivity index (χ1n) is 6.22. The van der Waals surface area contributed by atoms with Crippen LogP contribution < -0.4 is 10.5 Å². The Labute approximate surface area is 113 Å². The third-order valence-electron chi connectivity index (χ3n) is 3.28. The highest BCUT2D eigenvalue weighted by atomic mass is 16.5. The first-order valence-corrected chi connectivity index (χ1v) is 6.22. The van der Waals surface area contributed by atoms with Gasteiger partial charge < -0.3 is 15.6 Å². The van der Waals surface area contributed by atoms with E-state index in [0.29, 0.717) is 17.0 Å². The van der Waals surface area contributed by atoms with Crippen molar-refractivity contribution in [2.45, 2.75) is 20.0 Å². The maximum atomic E-state index is 10.6. The number of hydrogen-bond acceptors (Lipinski definition) is 3. The van der Waals surface area contributed by atoms with Crippen LogP contribution in [0.5, 0.6) is 5.75 Å². The molecule has 1 unspecified atom stereocenters. The van der Waals surface area contributed by atoms with E-state index in [-0.39, 0.29) is 0 Å². The molecule has 1 atom stereocenters. The number of aryl methyl sites for hydroxylation is 2. The zero-order valence-electron chi connectivity index (χ0n) is 11.5. The van der Waals surface area contributed by atoms with E-state index in [0.717, 1.165) is 16.7 Å². The second-order valence-corrected chi connectivity index (χ2v) is 4.73. The lowest BCUT2D eigenvalue weighted by atomic mass is 9.94. The molecule has 0 aliphatic heterocycles. The highest BCUT2D eigenvalue weighted by molar-refractivity contribution is 5.54. The van der Waals surface area contributed by atoms with E-state index in [1.165, 1.54) is 0 Å². The Balaban J connectivity index is 2.56. The van der Waals surface area contributed by atoms with Crippen LogP contribution in [0.2, 0.25) is 0 Å². The highest BCUT2D eigenvalue weighted by Crippen LogP contribution is 2.35. The van der Waals surface area contributed by atoms with Crippen molar-refractivity contribution >= 4 is 5.69 Å². The van der Waals surface area contributed by atoms with Gasteiger partial charge in [0.2, 0.25) is 0 Å². The largest absolute Gasteiger partial charge is 0.496 e. The Kier molecular flexibility index (Phi) is 3.76. The lowest BCUT2D eigenvalue weighted by molar-refractivity contribution is 0.214. The van der Waals surface area contributed by atoms with Crippen molar-refractivity contribution in [2.24, 2.45) is 0 Å². The van der Waals surface area contributed by atoms with Crippen LogP contribution in [0.1, 0.15) is 28.4 Å². The van der Waals surface area contributed by atoms with Crippen molar-refractivity contribution in [3.05, 3.63) is 58.7 Å². The Hall–Kier alpha value is -2.00. The number of benzene rings is 2. The normalized spacial score (nSPS) is 12.2. The molecule has 0 fully saturated rings. The number of ether oxygens (including phenoxy) is 1. The van der Waals surface area contributed by atoms with E-state index in [4.69, 9.17) is 10.5 Å². The van der Waals surface area contributed by atoms with Crippen LogP contribution in [0.3, 0.4) is 0 Å². The van der Waals surface area contributed by atoms with Gasteiger partial charge in [-0.05, 0) is 37.1 Å². The number of anilines is 1. The van der Waals surface area contributed by atoms with Gasteiger partial charge in [-0.3, -0.25) is 0 Å². The number of nitrogen functional groups attached to an aromatic ring is 1. The molecule has 0 radical (unpaired) electrons. The van der Waals surface area contributed by atoms with Gasteiger partial charge in [0.1, 0.15) is 11.9 Å². The number of nitrogens with two attached hydrogens (primary N) is 1. The number of aliphatic hydroxyl groups excluding tert-OH is 1. The minimum Gasteiger partial charge on any atom is -0.496 e. The van der Waals surface area contributed by atoms with Gasteiger partial charge >= 0.3 is 0 Å². The SMILES string of the molecule is COc1cc(C)cc(C)c1C(O)c1ccccc1N. The Morgan fingerprint density at radius 2 is 1.84 bits per heavy atom. The molecule has 2 aromatic carbocycles. The summed E-state index contributed by atoms with van der Waals surface area (Å²) in [6.45, 7) is 3.97.